The molecule has 0 atom stereocenters. The molecule has 6 heteroatoms. The van der Waals surface area contributed by atoms with E-state index in [0.29, 0.717) is 11.1 Å². The quantitative estimate of drug-likeness (QED) is 0.911. The van der Waals surface area contributed by atoms with Gasteiger partial charge >= 0.3 is 5.97 Å². The van der Waals surface area contributed by atoms with Gasteiger partial charge in [-0.3, -0.25) is 0 Å². The third-order valence-electron chi connectivity index (χ3n) is 2.51. The Morgan fingerprint density at radius 1 is 1.39 bits per heavy atom. The number of benzene rings is 1. The third-order valence-corrected chi connectivity index (χ3v) is 2.51. The van der Waals surface area contributed by atoms with Crippen molar-refractivity contribution in [3.05, 3.63) is 41.1 Å². The fraction of sp³-hybridized carbons (Fsp3) is 0.167. The monoisotopic (exact) mass is 253 g/mol. The van der Waals surface area contributed by atoms with E-state index in [0.717, 1.165) is 0 Å². The fourth-order valence-electron chi connectivity index (χ4n) is 1.54. The van der Waals surface area contributed by atoms with Gasteiger partial charge in [-0.15, -0.1) is 0 Å². The number of aromatic nitrogens is 1. The second kappa shape index (κ2) is 4.56. The lowest BCUT2D eigenvalue weighted by molar-refractivity contribution is 0.0686. The number of aryl methyl sites for hydroxylation is 1. The predicted octanol–water partition coefficient (Wildman–Crippen LogP) is 3.29. The summed E-state index contributed by atoms with van der Waals surface area (Å²) in [6.07, 6.45) is -2.59. The summed E-state index contributed by atoms with van der Waals surface area (Å²) in [5.74, 6) is -1.07. The summed E-state index contributed by atoms with van der Waals surface area (Å²) < 4.78 is 30.0. The average Bonchev–Trinajstić information content (AvgIpc) is 2.78. The first kappa shape index (κ1) is 12.2. The molecular weight excluding hydrogens is 244 g/mol. The Labute approximate surface area is 101 Å². The highest BCUT2D eigenvalue weighted by molar-refractivity contribution is 5.86. The van der Waals surface area contributed by atoms with Crippen molar-refractivity contribution in [1.29, 1.82) is 0 Å². The van der Waals surface area contributed by atoms with Crippen LogP contribution in [0.5, 0.6) is 0 Å². The summed E-state index contributed by atoms with van der Waals surface area (Å²) in [7, 11) is 0. The topological polar surface area (TPSA) is 63.3 Å². The summed E-state index contributed by atoms with van der Waals surface area (Å²) in [5.41, 5.74) is 0.705. The maximum atomic E-state index is 12.6. The van der Waals surface area contributed by atoms with Crippen molar-refractivity contribution in [3.8, 4) is 11.3 Å². The van der Waals surface area contributed by atoms with Crippen LogP contribution in [0, 0.1) is 6.92 Å². The molecule has 0 aliphatic carbocycles. The standard InChI is InChI=1S/C12H9F2NO3/c1-6-2-3-7(11(13)14)4-8(6)10-5-9(12(16)17)15-18-10/h2-5,11H,1H3,(H,16,17). The van der Waals surface area contributed by atoms with Crippen molar-refractivity contribution < 1.29 is 23.2 Å². The number of hydrogen-bond acceptors (Lipinski definition) is 3. The number of nitrogens with zero attached hydrogens (tertiary/aromatic N) is 1. The molecule has 4 nitrogen and oxygen atoms in total. The molecule has 0 saturated carbocycles. The first-order valence-electron chi connectivity index (χ1n) is 5.08. The molecule has 1 aromatic heterocycles. The number of alkyl halides is 2. The SMILES string of the molecule is Cc1ccc(C(F)F)cc1-c1cc(C(=O)O)no1. The van der Waals surface area contributed by atoms with Crippen LogP contribution in [0.25, 0.3) is 11.3 Å². The van der Waals surface area contributed by atoms with Crippen molar-refractivity contribution in [2.24, 2.45) is 0 Å². The van der Waals surface area contributed by atoms with Crippen LogP contribution in [-0.2, 0) is 0 Å². The van der Waals surface area contributed by atoms with E-state index in [1.807, 2.05) is 0 Å². The molecule has 0 aliphatic heterocycles. The Balaban J connectivity index is 2.48. The molecule has 0 radical (unpaired) electrons. The van der Waals surface area contributed by atoms with E-state index in [9.17, 15) is 13.6 Å². The number of rotatable bonds is 3. The second-order valence-electron chi connectivity index (χ2n) is 3.76. The molecule has 0 aliphatic rings. The molecule has 1 N–H and O–H groups in total. The first-order chi connectivity index (χ1) is 8.49. The van der Waals surface area contributed by atoms with Gasteiger partial charge < -0.3 is 9.63 Å². The summed E-state index contributed by atoms with van der Waals surface area (Å²) >= 11 is 0. The minimum absolute atomic E-state index is 0.149. The molecule has 0 bridgehead atoms. The van der Waals surface area contributed by atoms with Gasteiger partial charge in [0.2, 0.25) is 0 Å². The molecule has 1 aromatic carbocycles. The van der Waals surface area contributed by atoms with Gasteiger partial charge in [0.1, 0.15) is 0 Å². The first-order valence-corrected chi connectivity index (χ1v) is 5.08. The van der Waals surface area contributed by atoms with E-state index in [-0.39, 0.29) is 17.0 Å². The van der Waals surface area contributed by atoms with Gasteiger partial charge in [0.05, 0.1) is 0 Å². The smallest absolute Gasteiger partial charge is 0.358 e. The van der Waals surface area contributed by atoms with Crippen LogP contribution < -0.4 is 0 Å². The predicted molar refractivity (Wildman–Crippen MR) is 58.6 cm³/mol. The van der Waals surface area contributed by atoms with Gasteiger partial charge in [0.25, 0.3) is 6.43 Å². The maximum Gasteiger partial charge on any atom is 0.358 e. The highest BCUT2D eigenvalue weighted by Crippen LogP contribution is 2.29. The molecule has 1 heterocycles. The second-order valence-corrected chi connectivity index (χ2v) is 3.76. The minimum Gasteiger partial charge on any atom is -0.476 e. The van der Waals surface area contributed by atoms with Crippen LogP contribution in [0.1, 0.15) is 28.0 Å². The number of hydrogen-bond donors (Lipinski definition) is 1. The van der Waals surface area contributed by atoms with Crippen LogP contribution in [0.4, 0.5) is 8.78 Å². The molecule has 2 rings (SSSR count). The molecule has 0 spiro atoms. The number of halogens is 2. The largest absolute Gasteiger partial charge is 0.476 e. The van der Waals surface area contributed by atoms with Gasteiger partial charge in [-0.2, -0.15) is 0 Å². The van der Waals surface area contributed by atoms with Crippen molar-refractivity contribution in [2.75, 3.05) is 0 Å². The van der Waals surface area contributed by atoms with Gasteiger partial charge in [0, 0.05) is 17.2 Å². The molecule has 0 saturated heterocycles. The van der Waals surface area contributed by atoms with Gasteiger partial charge in [-0.1, -0.05) is 17.3 Å². The van der Waals surface area contributed by atoms with Crippen molar-refractivity contribution in [3.63, 3.8) is 0 Å². The zero-order valence-electron chi connectivity index (χ0n) is 9.35. The van der Waals surface area contributed by atoms with E-state index < -0.39 is 12.4 Å². The molecule has 94 valence electrons. The molecule has 2 aromatic rings. The number of carbonyl (C=O) groups is 1. The highest BCUT2D eigenvalue weighted by Gasteiger charge is 2.16. The van der Waals surface area contributed by atoms with E-state index in [1.54, 1.807) is 6.92 Å². The lowest BCUT2D eigenvalue weighted by Crippen LogP contribution is -1.94. The van der Waals surface area contributed by atoms with Gasteiger partial charge in [0.15, 0.2) is 11.5 Å². The van der Waals surface area contributed by atoms with Crippen molar-refractivity contribution in [2.45, 2.75) is 13.3 Å². The average molecular weight is 253 g/mol. The molecular formula is C12H9F2NO3. The Bertz CT molecular complexity index is 593. The zero-order valence-corrected chi connectivity index (χ0v) is 9.35. The Morgan fingerprint density at radius 2 is 2.11 bits per heavy atom. The number of aromatic carboxylic acids is 1. The van der Waals surface area contributed by atoms with Crippen LogP contribution in [0.2, 0.25) is 0 Å². The van der Waals surface area contributed by atoms with Crippen LogP contribution in [0.15, 0.2) is 28.8 Å². The number of carboxylic acid groups (broad SMARTS) is 1. The lowest BCUT2D eigenvalue weighted by Gasteiger charge is -2.05. The Kier molecular flexibility index (Phi) is 3.10. The minimum atomic E-state index is -2.59. The maximum absolute atomic E-state index is 12.6. The molecule has 0 fully saturated rings. The summed E-state index contributed by atoms with van der Waals surface area (Å²) in [6.45, 7) is 1.72. The summed E-state index contributed by atoms with van der Waals surface area (Å²) in [6, 6.07) is 5.32. The third kappa shape index (κ3) is 2.22. The normalized spacial score (nSPS) is 10.9. The van der Waals surface area contributed by atoms with Gasteiger partial charge in [-0.05, 0) is 18.6 Å². The van der Waals surface area contributed by atoms with Gasteiger partial charge in [-0.25, -0.2) is 13.6 Å². The highest BCUT2D eigenvalue weighted by atomic mass is 19.3. The van der Waals surface area contributed by atoms with E-state index in [2.05, 4.69) is 5.16 Å². The van der Waals surface area contributed by atoms with Crippen LogP contribution in [0.3, 0.4) is 0 Å². The zero-order chi connectivity index (χ0) is 13.3. The van der Waals surface area contributed by atoms with E-state index >= 15 is 0 Å². The van der Waals surface area contributed by atoms with Crippen LogP contribution >= 0.6 is 0 Å². The molecule has 0 amide bonds. The Morgan fingerprint density at radius 3 is 2.67 bits per heavy atom. The van der Waals surface area contributed by atoms with E-state index in [1.165, 1.54) is 24.3 Å². The number of carboxylic acids is 1. The molecule has 18 heavy (non-hydrogen) atoms. The Hall–Kier alpha value is -2.24. The molecule has 0 unspecified atom stereocenters. The van der Waals surface area contributed by atoms with Crippen LogP contribution in [-0.4, -0.2) is 16.2 Å². The lowest BCUT2D eigenvalue weighted by atomic mass is 10.0. The van der Waals surface area contributed by atoms with E-state index in [4.69, 9.17) is 9.63 Å². The summed E-state index contributed by atoms with van der Waals surface area (Å²) in [4.78, 5) is 10.7. The van der Waals surface area contributed by atoms with Crippen molar-refractivity contribution >= 4 is 5.97 Å². The summed E-state index contributed by atoms with van der Waals surface area (Å²) in [5, 5.41) is 12.1. The fourth-order valence-corrected chi connectivity index (χ4v) is 1.54. The van der Waals surface area contributed by atoms with Crippen molar-refractivity contribution in [1.82, 2.24) is 5.16 Å².